The average Bonchev–Trinajstić information content (AvgIpc) is 2.96. The summed E-state index contributed by atoms with van der Waals surface area (Å²) in [5, 5.41) is 6.32. The molecule has 4 heterocycles. The summed E-state index contributed by atoms with van der Waals surface area (Å²) < 4.78 is 2.00. The number of hydrogen-bond donors (Lipinski definition) is 2. The van der Waals surface area contributed by atoms with E-state index in [1.54, 1.807) is 18.7 Å². The maximum atomic E-state index is 12.4. The molecule has 2 unspecified atom stereocenters. The van der Waals surface area contributed by atoms with Crippen molar-refractivity contribution in [3.63, 3.8) is 0 Å². The van der Waals surface area contributed by atoms with Crippen molar-refractivity contribution in [2.24, 2.45) is 17.8 Å². The van der Waals surface area contributed by atoms with E-state index >= 15 is 0 Å². The molecule has 1 aliphatic carbocycles. The van der Waals surface area contributed by atoms with Gasteiger partial charge in [-0.3, -0.25) is 9.78 Å². The van der Waals surface area contributed by atoms with Crippen molar-refractivity contribution >= 4 is 17.2 Å². The number of nitrogens with zero attached hydrogens (tertiary/aromatic N) is 3. The molecule has 2 fully saturated rings. The number of aromatic nitrogens is 3. The first-order valence-corrected chi connectivity index (χ1v) is 8.61. The van der Waals surface area contributed by atoms with Crippen molar-refractivity contribution in [2.45, 2.75) is 6.92 Å². The number of nitrogens with one attached hydrogen (secondary N) is 2. The standard InChI is InChI=1S/C19H19N5O/c1-11-15(12-2-4-20-5-3-12)9-24-10-22-17(6-16(11)24)23-19(25)18-13-7-21-8-14(13)18/h2-6,9-10,13-14,18,21H,7-8H2,1H3,(H,23,25). The number of carbonyl (C=O) groups excluding carboxylic acids is 1. The third-order valence-corrected chi connectivity index (χ3v) is 5.57. The monoisotopic (exact) mass is 333 g/mol. The molecule has 3 aromatic rings. The fourth-order valence-corrected chi connectivity index (χ4v) is 4.11. The van der Waals surface area contributed by atoms with Crippen LogP contribution in [0.2, 0.25) is 0 Å². The molecule has 2 N–H and O–H groups in total. The van der Waals surface area contributed by atoms with Gasteiger partial charge in [-0.15, -0.1) is 0 Å². The Morgan fingerprint density at radius 2 is 2.04 bits per heavy atom. The van der Waals surface area contributed by atoms with Crippen molar-refractivity contribution in [3.8, 4) is 11.1 Å². The number of anilines is 1. The van der Waals surface area contributed by atoms with Crippen molar-refractivity contribution < 1.29 is 4.79 Å². The molecule has 5 rings (SSSR count). The van der Waals surface area contributed by atoms with Crippen LogP contribution in [-0.2, 0) is 4.79 Å². The summed E-state index contributed by atoms with van der Waals surface area (Å²) in [6.07, 6.45) is 7.41. The van der Waals surface area contributed by atoms with Crippen LogP contribution in [0.1, 0.15) is 5.56 Å². The van der Waals surface area contributed by atoms with Gasteiger partial charge in [0.1, 0.15) is 12.1 Å². The number of fused-ring (bicyclic) bond motifs is 2. The van der Waals surface area contributed by atoms with Gasteiger partial charge in [-0.2, -0.15) is 0 Å². The Bertz CT molecular complexity index is 955. The topological polar surface area (TPSA) is 71.3 Å². The number of rotatable bonds is 3. The van der Waals surface area contributed by atoms with Crippen LogP contribution in [0.3, 0.4) is 0 Å². The van der Waals surface area contributed by atoms with Gasteiger partial charge in [-0.25, -0.2) is 4.98 Å². The maximum Gasteiger partial charge on any atom is 0.229 e. The van der Waals surface area contributed by atoms with Crippen LogP contribution >= 0.6 is 0 Å². The molecule has 25 heavy (non-hydrogen) atoms. The lowest BCUT2D eigenvalue weighted by atomic mass is 10.1. The number of aryl methyl sites for hydroxylation is 1. The van der Waals surface area contributed by atoms with Crippen LogP contribution in [-0.4, -0.2) is 33.4 Å². The molecule has 1 aliphatic heterocycles. The van der Waals surface area contributed by atoms with Crippen molar-refractivity contribution in [1.82, 2.24) is 19.7 Å². The highest BCUT2D eigenvalue weighted by atomic mass is 16.2. The minimum atomic E-state index is 0.104. The maximum absolute atomic E-state index is 12.4. The van der Waals surface area contributed by atoms with Crippen LogP contribution in [0.25, 0.3) is 16.6 Å². The van der Waals surface area contributed by atoms with E-state index in [-0.39, 0.29) is 11.8 Å². The van der Waals surface area contributed by atoms with E-state index in [0.29, 0.717) is 17.7 Å². The Balaban J connectivity index is 1.44. The Morgan fingerprint density at radius 3 is 2.80 bits per heavy atom. The van der Waals surface area contributed by atoms with Crippen LogP contribution in [0, 0.1) is 24.7 Å². The van der Waals surface area contributed by atoms with Crippen LogP contribution < -0.4 is 10.6 Å². The van der Waals surface area contributed by atoms with Crippen molar-refractivity contribution in [2.75, 3.05) is 18.4 Å². The summed E-state index contributed by atoms with van der Waals surface area (Å²) in [7, 11) is 0. The van der Waals surface area contributed by atoms with Crippen LogP contribution in [0.5, 0.6) is 0 Å². The number of pyridine rings is 1. The zero-order valence-corrected chi connectivity index (χ0v) is 13.9. The highest BCUT2D eigenvalue weighted by Crippen LogP contribution is 2.49. The lowest BCUT2D eigenvalue weighted by molar-refractivity contribution is -0.118. The van der Waals surface area contributed by atoms with E-state index in [1.165, 1.54) is 0 Å². The molecule has 126 valence electrons. The van der Waals surface area contributed by atoms with Gasteiger partial charge in [-0.1, -0.05) is 0 Å². The summed E-state index contributed by atoms with van der Waals surface area (Å²) >= 11 is 0. The van der Waals surface area contributed by atoms with Gasteiger partial charge < -0.3 is 15.0 Å². The summed E-state index contributed by atoms with van der Waals surface area (Å²) in [6.45, 7) is 4.01. The summed E-state index contributed by atoms with van der Waals surface area (Å²) in [6, 6.07) is 5.95. The molecular weight excluding hydrogens is 314 g/mol. The molecule has 0 bridgehead atoms. The minimum Gasteiger partial charge on any atom is -0.316 e. The van der Waals surface area contributed by atoms with E-state index in [9.17, 15) is 4.79 Å². The molecule has 2 aliphatic rings. The van der Waals surface area contributed by atoms with E-state index < -0.39 is 0 Å². The zero-order valence-electron chi connectivity index (χ0n) is 13.9. The summed E-state index contributed by atoms with van der Waals surface area (Å²) in [5.41, 5.74) is 4.49. The van der Waals surface area contributed by atoms with E-state index in [1.807, 2.05) is 22.6 Å². The smallest absolute Gasteiger partial charge is 0.229 e. The van der Waals surface area contributed by atoms with Gasteiger partial charge >= 0.3 is 0 Å². The molecule has 6 nitrogen and oxygen atoms in total. The molecule has 0 radical (unpaired) electrons. The molecule has 0 aromatic carbocycles. The Kier molecular flexibility index (Phi) is 3.15. The first-order chi connectivity index (χ1) is 12.2. The molecule has 0 spiro atoms. The van der Waals surface area contributed by atoms with Crippen molar-refractivity contribution in [1.29, 1.82) is 0 Å². The second-order valence-corrected chi connectivity index (χ2v) is 6.97. The second kappa shape index (κ2) is 5.39. The highest BCUT2D eigenvalue weighted by molar-refractivity contribution is 5.95. The van der Waals surface area contributed by atoms with E-state index in [0.717, 1.165) is 35.3 Å². The molecule has 1 saturated heterocycles. The van der Waals surface area contributed by atoms with E-state index in [2.05, 4.69) is 33.7 Å². The normalized spacial score (nSPS) is 24.3. The molecule has 3 aromatic heterocycles. The molecule has 1 saturated carbocycles. The second-order valence-electron chi connectivity index (χ2n) is 6.97. The van der Waals surface area contributed by atoms with Gasteiger partial charge in [0.25, 0.3) is 0 Å². The van der Waals surface area contributed by atoms with Crippen LogP contribution in [0.4, 0.5) is 5.82 Å². The fourth-order valence-electron chi connectivity index (χ4n) is 4.11. The van der Waals surface area contributed by atoms with Gasteiger partial charge in [0.05, 0.1) is 5.52 Å². The Hall–Kier alpha value is -2.73. The lowest BCUT2D eigenvalue weighted by Gasteiger charge is -2.07. The number of piperidine rings is 1. The minimum absolute atomic E-state index is 0.104. The average molecular weight is 333 g/mol. The summed E-state index contributed by atoms with van der Waals surface area (Å²) in [4.78, 5) is 20.9. The predicted molar refractivity (Wildman–Crippen MR) is 95.1 cm³/mol. The van der Waals surface area contributed by atoms with Gasteiger partial charge in [-0.05, 0) is 55.1 Å². The molecule has 2 atom stereocenters. The number of carbonyl (C=O) groups is 1. The quantitative estimate of drug-likeness (QED) is 0.770. The van der Waals surface area contributed by atoms with E-state index in [4.69, 9.17) is 0 Å². The fraction of sp³-hybridized carbons (Fsp3) is 0.316. The van der Waals surface area contributed by atoms with Gasteiger partial charge in [0.15, 0.2) is 0 Å². The largest absolute Gasteiger partial charge is 0.316 e. The SMILES string of the molecule is Cc1c(-c2ccncc2)cn2cnc(NC(=O)C3C4CNCC43)cc12. The third-order valence-electron chi connectivity index (χ3n) is 5.57. The first-order valence-electron chi connectivity index (χ1n) is 8.61. The summed E-state index contributed by atoms with van der Waals surface area (Å²) in [5.74, 6) is 1.90. The van der Waals surface area contributed by atoms with Gasteiger partial charge in [0, 0.05) is 36.1 Å². The third kappa shape index (κ3) is 2.33. The Labute approximate surface area is 145 Å². The lowest BCUT2D eigenvalue weighted by Crippen LogP contribution is -2.23. The number of hydrogen-bond acceptors (Lipinski definition) is 4. The molecule has 6 heteroatoms. The Morgan fingerprint density at radius 1 is 1.28 bits per heavy atom. The number of amides is 1. The molecular formula is C19H19N5O. The zero-order chi connectivity index (χ0) is 17.0. The van der Waals surface area contributed by atoms with Crippen molar-refractivity contribution in [3.05, 3.63) is 48.7 Å². The highest BCUT2D eigenvalue weighted by Gasteiger charge is 2.56. The first kappa shape index (κ1) is 14.6. The van der Waals surface area contributed by atoms with Gasteiger partial charge in [0.2, 0.25) is 5.91 Å². The predicted octanol–water partition coefficient (Wildman–Crippen LogP) is 2.11. The van der Waals surface area contributed by atoms with Crippen LogP contribution in [0.15, 0.2) is 43.1 Å². The molecule has 1 amide bonds.